The van der Waals surface area contributed by atoms with Gasteiger partial charge >= 0.3 is 0 Å². The van der Waals surface area contributed by atoms with Gasteiger partial charge in [0.2, 0.25) is 5.29 Å². The van der Waals surface area contributed by atoms with Crippen LogP contribution in [0.1, 0.15) is 0 Å². The lowest BCUT2D eigenvalue weighted by Gasteiger charge is -2.13. The Labute approximate surface area is 87.7 Å². The number of benzene rings is 1. The molecule has 2 rings (SSSR count). The van der Waals surface area contributed by atoms with Gasteiger partial charge in [-0.15, -0.1) is 0 Å². The molecule has 0 unspecified atom stereocenters. The van der Waals surface area contributed by atoms with Crippen molar-refractivity contribution in [3.63, 3.8) is 0 Å². The molecule has 5 heteroatoms. The minimum atomic E-state index is 0.422. The van der Waals surface area contributed by atoms with Crippen molar-refractivity contribution in [3.05, 3.63) is 22.7 Å². The summed E-state index contributed by atoms with van der Waals surface area (Å²) in [5.74, 6) is 0. The van der Waals surface area contributed by atoms with E-state index in [1.165, 1.54) is 11.9 Å². The van der Waals surface area contributed by atoms with Gasteiger partial charge in [0, 0.05) is 4.47 Å². The number of hydrogen-bond acceptors (Lipinski definition) is 3. The van der Waals surface area contributed by atoms with Gasteiger partial charge in [-0.3, -0.25) is 0 Å². The van der Waals surface area contributed by atoms with Crippen LogP contribution >= 0.6 is 39.5 Å². The van der Waals surface area contributed by atoms with Gasteiger partial charge < -0.3 is 4.72 Å². The molecule has 1 heterocycles. The Morgan fingerprint density at radius 3 is 3.17 bits per heavy atom. The quantitative estimate of drug-likeness (QED) is 0.574. The van der Waals surface area contributed by atoms with Gasteiger partial charge in [0.05, 0.1) is 10.6 Å². The van der Waals surface area contributed by atoms with E-state index >= 15 is 0 Å². The molecule has 0 aromatic heterocycles. The number of hydrogen-bond donors (Lipinski definition) is 1. The monoisotopic (exact) mass is 262 g/mol. The van der Waals surface area contributed by atoms with E-state index in [1.54, 1.807) is 0 Å². The standard InChI is InChI=1S/C7H4BrClN2S/c8-4-2-1-3-5-6(4)12-11-7(9)10-5/h1-3H,(H,10,11). The van der Waals surface area contributed by atoms with Crippen molar-refractivity contribution < 1.29 is 0 Å². The van der Waals surface area contributed by atoms with Crippen LogP contribution < -0.4 is 4.72 Å². The molecule has 0 saturated carbocycles. The average Bonchev–Trinajstić information content (AvgIpc) is 2.04. The Hall–Kier alpha value is -0.190. The maximum atomic E-state index is 5.70. The summed E-state index contributed by atoms with van der Waals surface area (Å²) < 4.78 is 3.91. The van der Waals surface area contributed by atoms with Crippen LogP contribution in [0.5, 0.6) is 0 Å². The minimum absolute atomic E-state index is 0.422. The summed E-state index contributed by atoms with van der Waals surface area (Å²) in [5.41, 5.74) is 0.901. The number of fused-ring (bicyclic) bond motifs is 1. The van der Waals surface area contributed by atoms with Crippen LogP contribution in [-0.2, 0) is 0 Å². The number of halogens is 2. The van der Waals surface area contributed by atoms with E-state index in [2.05, 4.69) is 25.6 Å². The predicted octanol–water partition coefficient (Wildman–Crippen LogP) is 3.29. The van der Waals surface area contributed by atoms with E-state index in [0.29, 0.717) is 5.29 Å². The fourth-order valence-corrected chi connectivity index (χ4v) is 2.33. The molecule has 0 fully saturated rings. The molecule has 1 aliphatic rings. The first kappa shape index (κ1) is 8.41. The summed E-state index contributed by atoms with van der Waals surface area (Å²) in [5, 5.41) is 0.422. The molecule has 0 spiro atoms. The second kappa shape index (κ2) is 3.28. The van der Waals surface area contributed by atoms with Crippen LogP contribution in [0.25, 0.3) is 0 Å². The highest BCUT2D eigenvalue weighted by atomic mass is 79.9. The fraction of sp³-hybridized carbons (Fsp3) is 0. The summed E-state index contributed by atoms with van der Waals surface area (Å²) in [6, 6.07) is 5.83. The summed E-state index contributed by atoms with van der Waals surface area (Å²) in [7, 11) is 0. The van der Waals surface area contributed by atoms with Crippen molar-refractivity contribution in [3.8, 4) is 0 Å². The molecule has 0 amide bonds. The Kier molecular flexibility index (Phi) is 2.30. The zero-order valence-electron chi connectivity index (χ0n) is 5.84. The highest BCUT2D eigenvalue weighted by Gasteiger charge is 2.12. The second-order valence-corrected chi connectivity index (χ2v) is 4.22. The van der Waals surface area contributed by atoms with Crippen molar-refractivity contribution in [1.29, 1.82) is 0 Å². The maximum absolute atomic E-state index is 5.70. The molecule has 1 aromatic rings. The van der Waals surface area contributed by atoms with E-state index in [9.17, 15) is 0 Å². The molecule has 12 heavy (non-hydrogen) atoms. The first-order chi connectivity index (χ1) is 5.77. The van der Waals surface area contributed by atoms with Gasteiger partial charge in [-0.1, -0.05) is 6.07 Å². The molecule has 1 N–H and O–H groups in total. The van der Waals surface area contributed by atoms with Gasteiger partial charge in [-0.2, -0.15) is 0 Å². The molecular formula is C7H4BrClN2S. The average molecular weight is 264 g/mol. The molecule has 2 nitrogen and oxygen atoms in total. The van der Waals surface area contributed by atoms with Crippen molar-refractivity contribution in [2.45, 2.75) is 4.90 Å². The number of aliphatic imine (C=N–C) groups is 1. The van der Waals surface area contributed by atoms with Crippen LogP contribution in [0, 0.1) is 0 Å². The molecule has 0 bridgehead atoms. The van der Waals surface area contributed by atoms with Crippen LogP contribution in [0.15, 0.2) is 32.6 Å². The largest absolute Gasteiger partial charge is 0.300 e. The summed E-state index contributed by atoms with van der Waals surface area (Å²) >= 11 is 10.6. The van der Waals surface area contributed by atoms with Gasteiger partial charge in [-0.25, -0.2) is 4.99 Å². The third kappa shape index (κ3) is 1.46. The molecule has 0 atom stereocenters. The van der Waals surface area contributed by atoms with E-state index in [1.807, 2.05) is 18.2 Å². The van der Waals surface area contributed by atoms with E-state index in [4.69, 9.17) is 11.6 Å². The first-order valence-electron chi connectivity index (χ1n) is 3.23. The second-order valence-electron chi connectivity index (χ2n) is 2.19. The molecule has 0 aliphatic carbocycles. The van der Waals surface area contributed by atoms with Gasteiger partial charge in [0.25, 0.3) is 0 Å². The van der Waals surface area contributed by atoms with E-state index in [-0.39, 0.29) is 0 Å². The number of rotatable bonds is 0. The summed E-state index contributed by atoms with van der Waals surface area (Å²) in [4.78, 5) is 5.20. The lowest BCUT2D eigenvalue weighted by Crippen LogP contribution is -2.11. The SMILES string of the molecule is ClC1=Nc2cccc(Br)c2SN1. The molecule has 0 saturated heterocycles. The summed E-state index contributed by atoms with van der Waals surface area (Å²) in [6.07, 6.45) is 0. The van der Waals surface area contributed by atoms with Crippen molar-refractivity contribution >= 4 is 50.5 Å². The smallest absolute Gasteiger partial charge is 0.206 e. The minimum Gasteiger partial charge on any atom is -0.300 e. The number of nitrogens with zero attached hydrogens (tertiary/aromatic N) is 1. The fourth-order valence-electron chi connectivity index (χ4n) is 0.908. The van der Waals surface area contributed by atoms with Gasteiger partial charge in [-0.05, 0) is 51.6 Å². The summed E-state index contributed by atoms with van der Waals surface area (Å²) in [6.45, 7) is 0. The third-order valence-corrected chi connectivity index (χ3v) is 3.55. The Balaban J connectivity index is 2.57. The van der Waals surface area contributed by atoms with Crippen LogP contribution in [0.2, 0.25) is 0 Å². The number of nitrogens with one attached hydrogen (secondary N) is 1. The van der Waals surface area contributed by atoms with E-state index < -0.39 is 0 Å². The lowest BCUT2D eigenvalue weighted by atomic mass is 10.3. The predicted molar refractivity (Wildman–Crippen MR) is 56.1 cm³/mol. The van der Waals surface area contributed by atoms with Crippen LogP contribution in [0.4, 0.5) is 5.69 Å². The highest BCUT2D eigenvalue weighted by Crippen LogP contribution is 2.37. The highest BCUT2D eigenvalue weighted by molar-refractivity contribution is 9.10. The van der Waals surface area contributed by atoms with Crippen LogP contribution in [0.3, 0.4) is 0 Å². The number of amidine groups is 1. The molecule has 62 valence electrons. The topological polar surface area (TPSA) is 24.4 Å². The van der Waals surface area contributed by atoms with Crippen molar-refractivity contribution in [2.24, 2.45) is 4.99 Å². The Bertz CT molecular complexity index is 353. The Morgan fingerprint density at radius 1 is 1.50 bits per heavy atom. The molecular weight excluding hydrogens is 260 g/mol. The molecule has 0 radical (unpaired) electrons. The zero-order valence-corrected chi connectivity index (χ0v) is 9.00. The normalized spacial score (nSPS) is 14.7. The third-order valence-electron chi connectivity index (χ3n) is 1.40. The van der Waals surface area contributed by atoms with Crippen molar-refractivity contribution in [1.82, 2.24) is 4.72 Å². The lowest BCUT2D eigenvalue weighted by molar-refractivity contribution is 1.28. The zero-order chi connectivity index (χ0) is 8.55. The maximum Gasteiger partial charge on any atom is 0.206 e. The molecule has 1 aromatic carbocycles. The Morgan fingerprint density at radius 2 is 2.33 bits per heavy atom. The molecule has 1 aliphatic heterocycles. The van der Waals surface area contributed by atoms with Crippen molar-refractivity contribution in [2.75, 3.05) is 0 Å². The van der Waals surface area contributed by atoms with Gasteiger partial charge in [0.1, 0.15) is 0 Å². The van der Waals surface area contributed by atoms with E-state index in [0.717, 1.165) is 15.1 Å². The van der Waals surface area contributed by atoms with Gasteiger partial charge in [0.15, 0.2) is 0 Å². The first-order valence-corrected chi connectivity index (χ1v) is 5.21. The van der Waals surface area contributed by atoms with Crippen LogP contribution in [-0.4, -0.2) is 5.29 Å².